The summed E-state index contributed by atoms with van der Waals surface area (Å²) in [5.74, 6) is -1.83. The van der Waals surface area contributed by atoms with E-state index in [9.17, 15) is 18.8 Å². The van der Waals surface area contributed by atoms with Crippen molar-refractivity contribution in [3.63, 3.8) is 0 Å². The van der Waals surface area contributed by atoms with Crippen molar-refractivity contribution in [1.82, 2.24) is 9.47 Å². The summed E-state index contributed by atoms with van der Waals surface area (Å²) >= 11 is 6.75. The molecule has 1 aliphatic heterocycles. The van der Waals surface area contributed by atoms with Crippen LogP contribution in [0.2, 0.25) is 5.02 Å². The summed E-state index contributed by atoms with van der Waals surface area (Å²) in [5.41, 5.74) is 3.53. The number of para-hydroxylation sites is 1. The monoisotopic (exact) mass is 483 g/mol. The van der Waals surface area contributed by atoms with Gasteiger partial charge in [0.15, 0.2) is 0 Å². The fourth-order valence-corrected chi connectivity index (χ4v) is 4.55. The molecule has 0 unspecified atom stereocenters. The first kappa shape index (κ1) is 22.8. The Morgan fingerprint density at radius 1 is 1.12 bits per heavy atom. The molecule has 1 aromatic heterocycles. The lowest BCUT2D eigenvalue weighted by Crippen LogP contribution is -2.36. The van der Waals surface area contributed by atoms with E-state index in [4.69, 9.17) is 11.6 Å². The highest BCUT2D eigenvalue weighted by atomic mass is 35.5. The van der Waals surface area contributed by atoms with Crippen molar-refractivity contribution in [3.05, 3.63) is 87.3 Å². The lowest BCUT2D eigenvalue weighted by molar-refractivity contribution is -0.127. The van der Waals surface area contributed by atoms with Gasteiger partial charge in [0.2, 0.25) is 5.91 Å². The van der Waals surface area contributed by atoms with Crippen molar-refractivity contribution in [2.45, 2.75) is 13.8 Å². The van der Waals surface area contributed by atoms with Gasteiger partial charge in [-0.05, 0) is 79.7 Å². The van der Waals surface area contributed by atoms with E-state index in [1.165, 1.54) is 18.2 Å². The maximum absolute atomic E-state index is 13.8. The van der Waals surface area contributed by atoms with Gasteiger partial charge < -0.3 is 9.88 Å². The maximum Gasteiger partial charge on any atom is 0.294 e. The van der Waals surface area contributed by atoms with Crippen molar-refractivity contribution in [2.24, 2.45) is 0 Å². The van der Waals surface area contributed by atoms with E-state index in [1.54, 1.807) is 24.3 Å². The van der Waals surface area contributed by atoms with Crippen LogP contribution in [-0.2, 0) is 9.59 Å². The zero-order valence-corrected chi connectivity index (χ0v) is 19.3. The highest BCUT2D eigenvalue weighted by Gasteiger charge is 2.36. The Hall–Kier alpha value is -3.36. The second-order valence-corrected chi connectivity index (χ2v) is 8.86. The average Bonchev–Trinajstić information content (AvgIpc) is 3.20. The number of benzene rings is 2. The highest BCUT2D eigenvalue weighted by Crippen LogP contribution is 2.34. The number of imide groups is 1. The predicted molar refractivity (Wildman–Crippen MR) is 128 cm³/mol. The number of nitrogens with one attached hydrogen (secondary N) is 1. The molecule has 3 aromatic rings. The van der Waals surface area contributed by atoms with E-state index < -0.39 is 29.4 Å². The van der Waals surface area contributed by atoms with Gasteiger partial charge in [-0.25, -0.2) is 4.39 Å². The lowest BCUT2D eigenvalue weighted by Gasteiger charge is -2.12. The molecule has 0 atom stereocenters. The summed E-state index contributed by atoms with van der Waals surface area (Å²) in [6.45, 7) is 3.36. The van der Waals surface area contributed by atoms with Crippen LogP contribution in [0.4, 0.5) is 14.9 Å². The minimum Gasteiger partial charge on any atom is -0.322 e. The normalized spacial score (nSPS) is 14.9. The zero-order valence-electron chi connectivity index (χ0n) is 17.8. The Bertz CT molecular complexity index is 1300. The first-order chi connectivity index (χ1) is 15.7. The molecule has 4 rings (SSSR count). The third-order valence-electron chi connectivity index (χ3n) is 5.16. The number of carbonyl (C=O) groups excluding carboxylic acids is 3. The number of thioether (sulfide) groups is 1. The van der Waals surface area contributed by atoms with Crippen LogP contribution in [0.5, 0.6) is 0 Å². The highest BCUT2D eigenvalue weighted by molar-refractivity contribution is 8.18. The molecule has 2 heterocycles. The third-order valence-corrected chi connectivity index (χ3v) is 6.32. The predicted octanol–water partition coefficient (Wildman–Crippen LogP) is 5.56. The standard InChI is InChI=1S/C24H19ClFN3O3S/c1-14-11-16(15(2)29(14)18-9-7-17(25)8-10-18)12-21-23(31)28(24(32)33-21)13-22(30)27-20-6-4-3-5-19(20)26/h3-12H,13H2,1-2H3,(H,27,30)/b21-12+. The van der Waals surface area contributed by atoms with E-state index in [2.05, 4.69) is 5.32 Å². The van der Waals surface area contributed by atoms with Gasteiger partial charge in [-0.2, -0.15) is 0 Å². The van der Waals surface area contributed by atoms with Crippen molar-refractivity contribution < 1.29 is 18.8 Å². The molecule has 3 amide bonds. The number of anilines is 1. The lowest BCUT2D eigenvalue weighted by atomic mass is 10.2. The van der Waals surface area contributed by atoms with Gasteiger partial charge in [0, 0.05) is 22.1 Å². The number of carbonyl (C=O) groups is 3. The molecule has 1 saturated heterocycles. The fourth-order valence-electron chi connectivity index (χ4n) is 3.59. The number of hydrogen-bond acceptors (Lipinski definition) is 4. The number of aromatic nitrogens is 1. The summed E-state index contributed by atoms with van der Waals surface area (Å²) in [7, 11) is 0. The minimum absolute atomic E-state index is 0.0142. The molecule has 1 aliphatic rings. The van der Waals surface area contributed by atoms with Crippen LogP contribution >= 0.6 is 23.4 Å². The molecule has 6 nitrogen and oxygen atoms in total. The SMILES string of the molecule is Cc1cc(/C=C2/SC(=O)N(CC(=O)Nc3ccccc3F)C2=O)c(C)n1-c1ccc(Cl)cc1. The van der Waals surface area contributed by atoms with Gasteiger partial charge in [0.25, 0.3) is 11.1 Å². The quantitative estimate of drug-likeness (QED) is 0.482. The first-order valence-corrected chi connectivity index (χ1v) is 11.2. The molecular weight excluding hydrogens is 465 g/mol. The minimum atomic E-state index is -0.662. The molecule has 0 aliphatic carbocycles. The Morgan fingerprint density at radius 2 is 1.82 bits per heavy atom. The summed E-state index contributed by atoms with van der Waals surface area (Å²) in [6, 6.07) is 15.0. The number of hydrogen-bond donors (Lipinski definition) is 1. The first-order valence-electron chi connectivity index (χ1n) is 9.99. The van der Waals surface area contributed by atoms with Gasteiger partial charge in [-0.15, -0.1) is 0 Å². The Kier molecular flexibility index (Phi) is 6.40. The van der Waals surface area contributed by atoms with Crippen LogP contribution in [0, 0.1) is 19.7 Å². The molecule has 33 heavy (non-hydrogen) atoms. The fraction of sp³-hybridized carbons (Fsp3) is 0.125. The van der Waals surface area contributed by atoms with E-state index in [0.717, 1.165) is 39.3 Å². The Morgan fingerprint density at radius 3 is 2.52 bits per heavy atom. The average molecular weight is 484 g/mol. The largest absolute Gasteiger partial charge is 0.322 e. The second kappa shape index (κ2) is 9.25. The summed E-state index contributed by atoms with van der Waals surface area (Å²) in [5, 5.41) is 2.46. The van der Waals surface area contributed by atoms with E-state index in [-0.39, 0.29) is 10.6 Å². The van der Waals surface area contributed by atoms with Gasteiger partial charge in [-0.1, -0.05) is 23.7 Å². The van der Waals surface area contributed by atoms with Crippen molar-refractivity contribution >= 4 is 52.2 Å². The molecule has 1 fully saturated rings. The van der Waals surface area contributed by atoms with Gasteiger partial charge in [0.05, 0.1) is 10.6 Å². The Balaban J connectivity index is 1.53. The maximum atomic E-state index is 13.8. The van der Waals surface area contributed by atoms with Gasteiger partial charge >= 0.3 is 0 Å². The van der Waals surface area contributed by atoms with E-state index in [0.29, 0.717) is 5.02 Å². The Labute approximate surface area is 199 Å². The third kappa shape index (κ3) is 4.72. The summed E-state index contributed by atoms with van der Waals surface area (Å²) in [6.07, 6.45) is 1.65. The van der Waals surface area contributed by atoms with Crippen LogP contribution in [0.3, 0.4) is 0 Å². The number of rotatable bonds is 5. The van der Waals surface area contributed by atoms with Crippen molar-refractivity contribution in [1.29, 1.82) is 0 Å². The van der Waals surface area contributed by atoms with Gasteiger partial charge in [-0.3, -0.25) is 19.3 Å². The van der Waals surface area contributed by atoms with Gasteiger partial charge in [0.1, 0.15) is 12.4 Å². The number of amides is 3. The smallest absolute Gasteiger partial charge is 0.294 e. The number of aryl methyl sites for hydroxylation is 1. The molecule has 0 spiro atoms. The van der Waals surface area contributed by atoms with Crippen molar-refractivity contribution in [2.75, 3.05) is 11.9 Å². The summed E-state index contributed by atoms with van der Waals surface area (Å²) in [4.78, 5) is 38.6. The molecule has 0 bridgehead atoms. The van der Waals surface area contributed by atoms with Crippen molar-refractivity contribution in [3.8, 4) is 5.69 Å². The molecular formula is C24H19ClFN3O3S. The second-order valence-electron chi connectivity index (χ2n) is 7.43. The van der Waals surface area contributed by atoms with Crippen LogP contribution in [-0.4, -0.2) is 33.1 Å². The van der Waals surface area contributed by atoms with Crippen LogP contribution in [0.25, 0.3) is 11.8 Å². The molecule has 168 valence electrons. The molecule has 0 saturated carbocycles. The molecule has 0 radical (unpaired) electrons. The zero-order chi connectivity index (χ0) is 23.7. The number of nitrogens with zero attached hydrogens (tertiary/aromatic N) is 2. The molecule has 2 aromatic carbocycles. The molecule has 9 heteroatoms. The van der Waals surface area contributed by atoms with Crippen LogP contribution in [0.1, 0.15) is 17.0 Å². The van der Waals surface area contributed by atoms with Crippen LogP contribution < -0.4 is 5.32 Å². The van der Waals surface area contributed by atoms with E-state index in [1.807, 2.05) is 36.6 Å². The van der Waals surface area contributed by atoms with Crippen LogP contribution in [0.15, 0.2) is 59.5 Å². The summed E-state index contributed by atoms with van der Waals surface area (Å²) < 4.78 is 15.8. The topological polar surface area (TPSA) is 71.4 Å². The molecule has 1 N–H and O–H groups in total. The van der Waals surface area contributed by atoms with E-state index >= 15 is 0 Å². The number of halogens is 2.